The monoisotopic (exact) mass is 447 g/mol. The van der Waals surface area contributed by atoms with E-state index in [0.29, 0.717) is 38.3 Å². The van der Waals surface area contributed by atoms with Crippen LogP contribution in [0.1, 0.15) is 54.0 Å². The zero-order valence-corrected chi connectivity index (χ0v) is 19.3. The highest BCUT2D eigenvalue weighted by Crippen LogP contribution is 2.50. The number of aromatic nitrogens is 5. The smallest absolute Gasteiger partial charge is 0.274 e. The molecule has 5 heterocycles. The van der Waals surface area contributed by atoms with Gasteiger partial charge in [0.2, 0.25) is 5.91 Å². The minimum Gasteiger partial charge on any atom is -0.338 e. The Kier molecular flexibility index (Phi) is 5.26. The van der Waals surface area contributed by atoms with Crippen molar-refractivity contribution in [2.45, 2.75) is 38.8 Å². The van der Waals surface area contributed by atoms with Gasteiger partial charge in [0.25, 0.3) is 5.91 Å². The van der Waals surface area contributed by atoms with Gasteiger partial charge in [0.05, 0.1) is 17.4 Å². The normalized spacial score (nSPS) is 22.8. The third-order valence-electron chi connectivity index (χ3n) is 7.00. The molecule has 2 amide bonds. The number of aryl methyl sites for hydroxylation is 1. The fourth-order valence-electron chi connectivity index (χ4n) is 5.14. The lowest BCUT2D eigenvalue weighted by Gasteiger charge is -2.27. The summed E-state index contributed by atoms with van der Waals surface area (Å²) in [4.78, 5) is 39.6. The van der Waals surface area contributed by atoms with E-state index in [1.807, 2.05) is 29.6 Å². The average molecular weight is 448 g/mol. The van der Waals surface area contributed by atoms with Crippen molar-refractivity contribution >= 4 is 11.8 Å². The lowest BCUT2D eigenvalue weighted by molar-refractivity contribution is -0.136. The summed E-state index contributed by atoms with van der Waals surface area (Å²) >= 11 is 0. The molecule has 172 valence electrons. The van der Waals surface area contributed by atoms with Crippen LogP contribution in [-0.2, 0) is 18.4 Å². The largest absolute Gasteiger partial charge is 0.338 e. The topological polar surface area (TPSA) is 89.2 Å². The molecule has 2 fully saturated rings. The Morgan fingerprint density at radius 1 is 1.24 bits per heavy atom. The Hall–Kier alpha value is -3.49. The first-order valence-corrected chi connectivity index (χ1v) is 11.4. The molecule has 0 bridgehead atoms. The molecule has 5 rings (SSSR count). The van der Waals surface area contributed by atoms with Gasteiger partial charge in [-0.25, -0.2) is 4.98 Å². The van der Waals surface area contributed by atoms with E-state index in [1.165, 1.54) is 0 Å². The number of nitrogens with zero attached hydrogens (tertiary/aromatic N) is 7. The number of pyridine rings is 1. The molecular formula is C24H29N7O2. The standard InChI is InChI=1S/C24H29N7O2/c1-17(2)31-14-21(26-16-31)19-13-30(22(32)20-6-10-28(3)27-20)15-24(19)7-11-29(23(24)33)12-18-4-8-25-9-5-18/h4-6,8-10,14,16-17,19H,7,11-13,15H2,1-3H3/t19-,24+/m0/s1. The average Bonchev–Trinajstić information content (AvgIpc) is 3.58. The lowest BCUT2D eigenvalue weighted by Crippen LogP contribution is -2.40. The van der Waals surface area contributed by atoms with Gasteiger partial charge in [-0.15, -0.1) is 0 Å². The van der Waals surface area contributed by atoms with Crippen molar-refractivity contribution < 1.29 is 9.59 Å². The number of hydrogen-bond donors (Lipinski definition) is 0. The second kappa shape index (κ2) is 8.13. The Bertz CT molecular complexity index is 1170. The molecule has 0 N–H and O–H groups in total. The molecule has 2 saturated heterocycles. The predicted octanol–water partition coefficient (Wildman–Crippen LogP) is 2.25. The molecule has 3 aromatic rings. The fourth-order valence-corrected chi connectivity index (χ4v) is 5.14. The van der Waals surface area contributed by atoms with Gasteiger partial charge in [-0.05, 0) is 44.0 Å². The van der Waals surface area contributed by atoms with Gasteiger partial charge in [0, 0.05) is 70.0 Å². The quantitative estimate of drug-likeness (QED) is 0.599. The van der Waals surface area contributed by atoms with Gasteiger partial charge < -0.3 is 14.4 Å². The maximum absolute atomic E-state index is 13.9. The predicted molar refractivity (Wildman–Crippen MR) is 121 cm³/mol. The van der Waals surface area contributed by atoms with E-state index in [2.05, 4.69) is 33.5 Å². The molecule has 1 spiro atoms. The summed E-state index contributed by atoms with van der Waals surface area (Å²) in [6.07, 6.45) is 9.81. The van der Waals surface area contributed by atoms with Crippen molar-refractivity contribution in [1.29, 1.82) is 0 Å². The van der Waals surface area contributed by atoms with Crippen LogP contribution in [0.5, 0.6) is 0 Å². The summed E-state index contributed by atoms with van der Waals surface area (Å²) in [5, 5.41) is 4.29. The van der Waals surface area contributed by atoms with Crippen LogP contribution in [-0.4, -0.2) is 65.6 Å². The van der Waals surface area contributed by atoms with Gasteiger partial charge in [-0.2, -0.15) is 5.10 Å². The second-order valence-electron chi connectivity index (χ2n) is 9.44. The number of carbonyl (C=O) groups excluding carboxylic acids is 2. The van der Waals surface area contributed by atoms with E-state index in [1.54, 1.807) is 41.3 Å². The molecule has 0 aromatic carbocycles. The van der Waals surface area contributed by atoms with E-state index < -0.39 is 5.41 Å². The zero-order chi connectivity index (χ0) is 23.2. The van der Waals surface area contributed by atoms with Crippen LogP contribution in [0.25, 0.3) is 0 Å². The van der Waals surface area contributed by atoms with E-state index in [0.717, 1.165) is 11.3 Å². The number of rotatable bonds is 5. The van der Waals surface area contributed by atoms with Crippen molar-refractivity contribution in [3.05, 3.63) is 66.3 Å². The minimum atomic E-state index is -0.673. The summed E-state index contributed by atoms with van der Waals surface area (Å²) < 4.78 is 3.68. The van der Waals surface area contributed by atoms with Gasteiger partial charge in [0.15, 0.2) is 0 Å². The number of carbonyl (C=O) groups is 2. The van der Waals surface area contributed by atoms with Crippen LogP contribution in [0, 0.1) is 5.41 Å². The highest BCUT2D eigenvalue weighted by Gasteiger charge is 2.58. The first kappa shape index (κ1) is 21.4. The van der Waals surface area contributed by atoms with Crippen molar-refractivity contribution in [2.75, 3.05) is 19.6 Å². The van der Waals surface area contributed by atoms with Crippen LogP contribution in [0.15, 0.2) is 49.3 Å². The highest BCUT2D eigenvalue weighted by atomic mass is 16.2. The third kappa shape index (κ3) is 3.71. The second-order valence-corrected chi connectivity index (χ2v) is 9.44. The minimum absolute atomic E-state index is 0.0970. The van der Waals surface area contributed by atoms with E-state index in [4.69, 9.17) is 0 Å². The summed E-state index contributed by atoms with van der Waals surface area (Å²) in [5.41, 5.74) is 1.66. The number of amides is 2. The first-order chi connectivity index (χ1) is 15.9. The summed E-state index contributed by atoms with van der Waals surface area (Å²) in [6, 6.07) is 5.87. The summed E-state index contributed by atoms with van der Waals surface area (Å²) in [7, 11) is 1.79. The van der Waals surface area contributed by atoms with Crippen LogP contribution < -0.4 is 0 Å². The van der Waals surface area contributed by atoms with Crippen LogP contribution in [0.4, 0.5) is 0 Å². The van der Waals surface area contributed by atoms with Crippen LogP contribution >= 0.6 is 0 Å². The van der Waals surface area contributed by atoms with Crippen molar-refractivity contribution in [2.24, 2.45) is 12.5 Å². The van der Waals surface area contributed by atoms with E-state index >= 15 is 0 Å². The molecule has 0 unspecified atom stereocenters. The maximum Gasteiger partial charge on any atom is 0.274 e. The summed E-state index contributed by atoms with van der Waals surface area (Å²) in [5.74, 6) is -0.194. The lowest BCUT2D eigenvalue weighted by atomic mass is 9.75. The Labute approximate surface area is 193 Å². The van der Waals surface area contributed by atoms with Crippen LogP contribution in [0.2, 0.25) is 0 Å². The molecule has 3 aromatic heterocycles. The number of hydrogen-bond acceptors (Lipinski definition) is 5. The highest BCUT2D eigenvalue weighted by molar-refractivity contribution is 5.94. The molecule has 2 aliphatic heterocycles. The molecule has 9 nitrogen and oxygen atoms in total. The van der Waals surface area contributed by atoms with Gasteiger partial charge in [0.1, 0.15) is 5.69 Å². The SMILES string of the molecule is CC(C)n1cnc([C@@H]2CN(C(=O)c3ccn(C)n3)C[C@]23CCN(Cc2ccncc2)C3=O)c1. The van der Waals surface area contributed by atoms with Gasteiger partial charge >= 0.3 is 0 Å². The van der Waals surface area contributed by atoms with E-state index in [-0.39, 0.29) is 23.8 Å². The first-order valence-electron chi connectivity index (χ1n) is 11.4. The molecule has 2 aliphatic rings. The molecule has 33 heavy (non-hydrogen) atoms. The Balaban J connectivity index is 1.47. The van der Waals surface area contributed by atoms with Crippen molar-refractivity contribution in [1.82, 2.24) is 34.1 Å². The Morgan fingerprint density at radius 3 is 2.70 bits per heavy atom. The number of imidazole rings is 1. The third-order valence-corrected chi connectivity index (χ3v) is 7.00. The maximum atomic E-state index is 13.9. The molecular weight excluding hydrogens is 418 g/mol. The Morgan fingerprint density at radius 2 is 2.03 bits per heavy atom. The molecule has 0 aliphatic carbocycles. The zero-order valence-electron chi connectivity index (χ0n) is 19.3. The van der Waals surface area contributed by atoms with Crippen LogP contribution in [0.3, 0.4) is 0 Å². The summed E-state index contributed by atoms with van der Waals surface area (Å²) in [6.45, 7) is 6.25. The van der Waals surface area contributed by atoms with Gasteiger partial charge in [-0.1, -0.05) is 0 Å². The number of likely N-dealkylation sites (tertiary alicyclic amines) is 2. The van der Waals surface area contributed by atoms with Gasteiger partial charge in [-0.3, -0.25) is 19.3 Å². The molecule has 2 atom stereocenters. The van der Waals surface area contributed by atoms with E-state index in [9.17, 15) is 9.59 Å². The molecule has 0 saturated carbocycles. The molecule has 9 heteroatoms. The fraction of sp³-hybridized carbons (Fsp3) is 0.458. The van der Waals surface area contributed by atoms with Crippen molar-refractivity contribution in [3.8, 4) is 0 Å². The van der Waals surface area contributed by atoms with Crippen molar-refractivity contribution in [3.63, 3.8) is 0 Å². The molecule has 0 radical (unpaired) electrons.